The summed E-state index contributed by atoms with van der Waals surface area (Å²) in [5, 5.41) is 7.24. The van der Waals surface area contributed by atoms with Crippen molar-refractivity contribution in [3.8, 4) is 0 Å². The van der Waals surface area contributed by atoms with Gasteiger partial charge in [0.2, 0.25) is 0 Å². The number of halogens is 1. The fraction of sp³-hybridized carbons (Fsp3) is 0.300. The van der Waals surface area contributed by atoms with Gasteiger partial charge >= 0.3 is 0 Å². The Hall–Kier alpha value is -1.22. The number of fused-ring (bicyclic) bond motifs is 1. The van der Waals surface area contributed by atoms with E-state index < -0.39 is 0 Å². The number of benzene rings is 1. The summed E-state index contributed by atoms with van der Waals surface area (Å²) >= 11 is 0. The molecule has 0 saturated carbocycles. The smallest absolute Gasteiger partial charge is 0.110 e. The van der Waals surface area contributed by atoms with Crippen LogP contribution in [0.4, 0.5) is 5.69 Å². The van der Waals surface area contributed by atoms with Crippen molar-refractivity contribution in [2.75, 3.05) is 18.0 Å². The fourth-order valence-electron chi connectivity index (χ4n) is 1.78. The third-order valence-corrected chi connectivity index (χ3v) is 2.34. The first kappa shape index (κ1) is 10.9. The molecule has 1 aromatic rings. The van der Waals surface area contributed by atoms with E-state index in [1.54, 1.807) is 0 Å². The second-order valence-electron chi connectivity index (χ2n) is 3.33. The Bertz CT molecular complexity index is 338. The van der Waals surface area contributed by atoms with Crippen molar-refractivity contribution in [3.63, 3.8) is 0 Å². The predicted octanol–water partition coefficient (Wildman–Crippen LogP) is 1.41. The van der Waals surface area contributed by atoms with E-state index in [1.807, 2.05) is 6.07 Å². The van der Waals surface area contributed by atoms with E-state index in [-0.39, 0.29) is 18.2 Å². The number of hydrogen-bond acceptors (Lipinski definition) is 2. The lowest BCUT2D eigenvalue weighted by molar-refractivity contribution is 0.913. The molecule has 3 nitrogen and oxygen atoms in total. The number of nitrogens with one attached hydrogen (secondary N) is 1. The molecule has 0 fully saturated rings. The van der Waals surface area contributed by atoms with Crippen molar-refractivity contribution in [2.45, 2.75) is 6.42 Å². The van der Waals surface area contributed by atoms with Crippen molar-refractivity contribution in [1.82, 2.24) is 0 Å². The second-order valence-corrected chi connectivity index (χ2v) is 3.33. The van der Waals surface area contributed by atoms with Gasteiger partial charge in [-0.2, -0.15) is 0 Å². The average molecular weight is 212 g/mol. The maximum atomic E-state index is 7.24. The number of amidine groups is 1. The zero-order valence-corrected chi connectivity index (χ0v) is 8.68. The van der Waals surface area contributed by atoms with E-state index in [2.05, 4.69) is 23.1 Å². The summed E-state index contributed by atoms with van der Waals surface area (Å²) in [7, 11) is 0. The number of para-hydroxylation sites is 1. The third-order valence-electron chi connectivity index (χ3n) is 2.34. The fourth-order valence-corrected chi connectivity index (χ4v) is 1.78. The molecule has 0 aliphatic carbocycles. The third kappa shape index (κ3) is 1.99. The number of hydrogen-bond donors (Lipinski definition) is 2. The minimum Gasteiger partial charge on any atom is -0.386 e. The highest BCUT2D eigenvalue weighted by molar-refractivity contribution is 5.85. The van der Waals surface area contributed by atoms with Crippen LogP contribution in [-0.2, 0) is 6.42 Å². The summed E-state index contributed by atoms with van der Waals surface area (Å²) in [6, 6.07) is 8.30. The van der Waals surface area contributed by atoms with Crippen LogP contribution in [0.5, 0.6) is 0 Å². The van der Waals surface area contributed by atoms with E-state index in [0.717, 1.165) is 13.0 Å². The summed E-state index contributed by atoms with van der Waals surface area (Å²) in [6.45, 7) is 1.54. The number of nitrogens with zero attached hydrogens (tertiary/aromatic N) is 1. The van der Waals surface area contributed by atoms with Crippen LogP contribution in [0, 0.1) is 5.41 Å². The van der Waals surface area contributed by atoms with Crippen molar-refractivity contribution in [2.24, 2.45) is 5.73 Å². The number of anilines is 1. The van der Waals surface area contributed by atoms with Crippen LogP contribution in [0.2, 0.25) is 0 Å². The predicted molar refractivity (Wildman–Crippen MR) is 61.5 cm³/mol. The van der Waals surface area contributed by atoms with Crippen LogP contribution in [0.15, 0.2) is 24.3 Å². The molecule has 1 heterocycles. The van der Waals surface area contributed by atoms with E-state index >= 15 is 0 Å². The van der Waals surface area contributed by atoms with Gasteiger partial charge in [0.25, 0.3) is 0 Å². The molecule has 0 atom stereocenters. The normalized spacial score (nSPS) is 13.3. The highest BCUT2D eigenvalue weighted by Gasteiger charge is 2.17. The van der Waals surface area contributed by atoms with E-state index in [9.17, 15) is 0 Å². The highest BCUT2D eigenvalue weighted by Crippen LogP contribution is 2.26. The summed E-state index contributed by atoms with van der Waals surface area (Å²) in [5.74, 6) is 0.233. The van der Waals surface area contributed by atoms with Crippen LogP contribution in [0.25, 0.3) is 0 Å². The minimum absolute atomic E-state index is 0. The van der Waals surface area contributed by atoms with Gasteiger partial charge in [0, 0.05) is 12.2 Å². The topological polar surface area (TPSA) is 53.1 Å². The van der Waals surface area contributed by atoms with Crippen LogP contribution in [0.3, 0.4) is 0 Å². The molecule has 2 rings (SSSR count). The molecule has 0 bridgehead atoms. The van der Waals surface area contributed by atoms with Gasteiger partial charge in [-0.25, -0.2) is 0 Å². The largest absolute Gasteiger partial charge is 0.386 e. The number of rotatable bonds is 2. The molecule has 0 unspecified atom stereocenters. The molecule has 76 valence electrons. The van der Waals surface area contributed by atoms with Gasteiger partial charge in [-0.3, -0.25) is 5.41 Å². The highest BCUT2D eigenvalue weighted by atomic mass is 35.5. The maximum absolute atomic E-state index is 7.24. The summed E-state index contributed by atoms with van der Waals surface area (Å²) in [4.78, 5) is 2.15. The molecule has 0 spiro atoms. The van der Waals surface area contributed by atoms with Gasteiger partial charge in [0.15, 0.2) is 0 Å². The molecule has 1 aliphatic rings. The van der Waals surface area contributed by atoms with E-state index in [0.29, 0.717) is 6.54 Å². The molecule has 0 aromatic heterocycles. The van der Waals surface area contributed by atoms with Gasteiger partial charge in [0.1, 0.15) is 5.84 Å². The quantitative estimate of drug-likeness (QED) is 0.574. The molecule has 1 aromatic carbocycles. The van der Waals surface area contributed by atoms with Gasteiger partial charge in [0.05, 0.1) is 6.54 Å². The van der Waals surface area contributed by atoms with Crippen molar-refractivity contribution in [3.05, 3.63) is 29.8 Å². The first-order chi connectivity index (χ1) is 6.27. The lowest BCUT2D eigenvalue weighted by Crippen LogP contribution is -2.31. The number of nitrogens with two attached hydrogens (primary N) is 1. The molecule has 14 heavy (non-hydrogen) atoms. The first-order valence-corrected chi connectivity index (χ1v) is 4.43. The molecule has 0 radical (unpaired) electrons. The summed E-state index contributed by atoms with van der Waals surface area (Å²) in [6.07, 6.45) is 1.07. The molecule has 1 aliphatic heterocycles. The Balaban J connectivity index is 0.000000980. The molecule has 0 amide bonds. The minimum atomic E-state index is 0. The second kappa shape index (κ2) is 4.33. The lowest BCUT2D eigenvalue weighted by atomic mass is 10.2. The lowest BCUT2D eigenvalue weighted by Gasteiger charge is -2.17. The monoisotopic (exact) mass is 211 g/mol. The van der Waals surface area contributed by atoms with Crippen LogP contribution < -0.4 is 10.6 Å². The maximum Gasteiger partial charge on any atom is 0.110 e. The Morgan fingerprint density at radius 2 is 2.14 bits per heavy atom. The Labute approximate surface area is 89.8 Å². The summed E-state index contributed by atoms with van der Waals surface area (Å²) < 4.78 is 0. The van der Waals surface area contributed by atoms with E-state index in [4.69, 9.17) is 11.1 Å². The van der Waals surface area contributed by atoms with Gasteiger partial charge in [-0.15, -0.1) is 12.4 Å². The standard InChI is InChI=1S/C10H13N3.ClH/c11-10(12)7-13-6-5-8-3-1-2-4-9(8)13;/h1-4H,5-7H2,(H3,11,12);1H. The van der Waals surface area contributed by atoms with E-state index in [1.165, 1.54) is 11.3 Å². The van der Waals surface area contributed by atoms with Crippen molar-refractivity contribution >= 4 is 23.9 Å². The van der Waals surface area contributed by atoms with Gasteiger partial charge < -0.3 is 10.6 Å². The van der Waals surface area contributed by atoms with Crippen molar-refractivity contribution in [1.29, 1.82) is 5.41 Å². The van der Waals surface area contributed by atoms with Crippen LogP contribution in [0.1, 0.15) is 5.56 Å². The molecular weight excluding hydrogens is 198 g/mol. The molecule has 0 saturated heterocycles. The Kier molecular flexibility index (Phi) is 3.36. The summed E-state index contributed by atoms with van der Waals surface area (Å²) in [5.41, 5.74) is 7.97. The van der Waals surface area contributed by atoms with Gasteiger partial charge in [-0.1, -0.05) is 18.2 Å². The Morgan fingerprint density at radius 3 is 2.86 bits per heavy atom. The SMILES string of the molecule is Cl.N=C(N)CN1CCc2ccccc21. The molecule has 3 N–H and O–H groups in total. The zero-order chi connectivity index (χ0) is 9.26. The van der Waals surface area contributed by atoms with Crippen molar-refractivity contribution < 1.29 is 0 Å². The van der Waals surface area contributed by atoms with Crippen LogP contribution >= 0.6 is 12.4 Å². The zero-order valence-electron chi connectivity index (χ0n) is 7.86. The first-order valence-electron chi connectivity index (χ1n) is 4.43. The molecular formula is C10H14ClN3. The average Bonchev–Trinajstić information content (AvgIpc) is 2.48. The molecule has 4 heteroatoms. The van der Waals surface area contributed by atoms with Gasteiger partial charge in [-0.05, 0) is 18.1 Å². The van der Waals surface area contributed by atoms with Crippen LogP contribution in [-0.4, -0.2) is 18.9 Å². The Morgan fingerprint density at radius 1 is 1.43 bits per heavy atom.